The van der Waals surface area contributed by atoms with Crippen LogP contribution in [0.3, 0.4) is 0 Å². The van der Waals surface area contributed by atoms with E-state index in [1.54, 1.807) is 33.1 Å². The Morgan fingerprint density at radius 3 is 2.22 bits per heavy atom. The van der Waals surface area contributed by atoms with Crippen LogP contribution in [0.25, 0.3) is 0 Å². The summed E-state index contributed by atoms with van der Waals surface area (Å²) in [5.74, 6) is -3.87. The number of aliphatic hydroxyl groups excluding tert-OH is 2. The molecule has 0 saturated carbocycles. The molecule has 258 valence electrons. The number of carbonyl (C=O) groups is 1. The van der Waals surface area contributed by atoms with Gasteiger partial charge >= 0.3 is 5.97 Å². The number of rotatable bonds is 8. The van der Waals surface area contributed by atoms with Gasteiger partial charge in [-0.25, -0.2) is 4.79 Å². The van der Waals surface area contributed by atoms with E-state index < -0.39 is 48.0 Å². The second-order valence-corrected chi connectivity index (χ2v) is 13.8. The fourth-order valence-electron chi connectivity index (χ4n) is 6.82. The summed E-state index contributed by atoms with van der Waals surface area (Å²) >= 11 is 0. The molecule has 0 spiro atoms. The van der Waals surface area contributed by atoms with Crippen LogP contribution in [0.4, 0.5) is 0 Å². The quantitative estimate of drug-likeness (QED) is 0.303. The van der Waals surface area contributed by atoms with Crippen LogP contribution in [0.2, 0.25) is 0 Å². The summed E-state index contributed by atoms with van der Waals surface area (Å²) in [6, 6.07) is 0. The summed E-state index contributed by atoms with van der Waals surface area (Å²) in [6.07, 6.45) is 6.00. The van der Waals surface area contributed by atoms with Crippen molar-refractivity contribution < 1.29 is 43.8 Å². The van der Waals surface area contributed by atoms with Crippen LogP contribution in [-0.4, -0.2) is 85.0 Å². The van der Waals surface area contributed by atoms with Gasteiger partial charge in [0, 0.05) is 44.3 Å². The highest BCUT2D eigenvalue weighted by molar-refractivity contribution is 5.87. The van der Waals surface area contributed by atoms with Gasteiger partial charge in [0.05, 0.1) is 31.5 Å². The Hall–Kier alpha value is -2.01. The third-order valence-corrected chi connectivity index (χ3v) is 9.77. The molecule has 1 saturated heterocycles. The lowest BCUT2D eigenvalue weighted by atomic mass is 9.76. The number of methoxy groups -OCH3 is 3. The van der Waals surface area contributed by atoms with E-state index in [-0.39, 0.29) is 48.1 Å². The monoisotopic (exact) mass is 636 g/mol. The number of carbonyl (C=O) groups excluding carboxylic acids is 1. The smallest absolute Gasteiger partial charge is 0.373 e. The molecule has 0 radical (unpaired) electrons. The van der Waals surface area contributed by atoms with E-state index in [1.807, 2.05) is 66.7 Å². The molecule has 2 heterocycles. The van der Waals surface area contributed by atoms with E-state index in [0.717, 1.165) is 11.1 Å². The molecule has 2 aliphatic heterocycles. The van der Waals surface area contributed by atoms with Gasteiger partial charge in [0.25, 0.3) is 0 Å². The molecule has 0 aliphatic carbocycles. The Kier molecular flexibility index (Phi) is 15.0. The molecule has 2 rings (SSSR count). The zero-order valence-corrected chi connectivity index (χ0v) is 29.5. The average Bonchev–Trinajstić information content (AvgIpc) is 2.99. The van der Waals surface area contributed by atoms with Crippen molar-refractivity contribution in [2.24, 2.45) is 35.5 Å². The second-order valence-electron chi connectivity index (χ2n) is 13.8. The minimum absolute atomic E-state index is 0.00358. The third-order valence-electron chi connectivity index (χ3n) is 9.77. The molecule has 1 fully saturated rings. The van der Waals surface area contributed by atoms with Gasteiger partial charge in [0.1, 0.15) is 12.2 Å². The van der Waals surface area contributed by atoms with Crippen molar-refractivity contribution >= 4 is 5.97 Å². The summed E-state index contributed by atoms with van der Waals surface area (Å²) in [6.45, 7) is 17.4. The molecule has 0 amide bonds. The van der Waals surface area contributed by atoms with Gasteiger partial charge in [0.15, 0.2) is 5.79 Å². The summed E-state index contributed by atoms with van der Waals surface area (Å²) < 4.78 is 29.4. The van der Waals surface area contributed by atoms with Gasteiger partial charge in [-0.3, -0.25) is 0 Å². The van der Waals surface area contributed by atoms with Crippen LogP contribution in [0.1, 0.15) is 75.2 Å². The first-order valence-electron chi connectivity index (χ1n) is 16.3. The first kappa shape index (κ1) is 39.2. The minimum atomic E-state index is -1.67. The fourth-order valence-corrected chi connectivity index (χ4v) is 6.82. The lowest BCUT2D eigenvalue weighted by Gasteiger charge is -2.50. The van der Waals surface area contributed by atoms with Crippen LogP contribution in [-0.2, 0) is 28.5 Å². The van der Waals surface area contributed by atoms with Gasteiger partial charge in [-0.15, -0.1) is 0 Å². The fraction of sp³-hybridized carbons (Fsp3) is 0.750. The van der Waals surface area contributed by atoms with Crippen molar-refractivity contribution in [3.05, 3.63) is 47.3 Å². The van der Waals surface area contributed by atoms with Crippen LogP contribution < -0.4 is 0 Å². The van der Waals surface area contributed by atoms with Crippen molar-refractivity contribution in [1.82, 2.24) is 0 Å². The number of hydrogen-bond acceptors (Lipinski definition) is 9. The highest BCUT2D eigenvalue weighted by atomic mass is 16.6. The van der Waals surface area contributed by atoms with Crippen LogP contribution >= 0.6 is 0 Å². The number of hydrogen-bond donors (Lipinski definition) is 3. The van der Waals surface area contributed by atoms with E-state index in [9.17, 15) is 20.1 Å². The number of allylic oxidation sites excluding steroid dienone is 5. The van der Waals surface area contributed by atoms with Crippen molar-refractivity contribution in [3.8, 4) is 0 Å². The number of esters is 1. The van der Waals surface area contributed by atoms with E-state index in [0.29, 0.717) is 6.42 Å². The van der Waals surface area contributed by atoms with E-state index in [4.69, 9.17) is 23.7 Å². The molecule has 12 atom stereocenters. The summed E-state index contributed by atoms with van der Waals surface area (Å²) in [7, 11) is 4.53. The molecule has 0 aromatic carbocycles. The maximum atomic E-state index is 13.5. The number of cyclic esters (lactones) is 1. The molecule has 45 heavy (non-hydrogen) atoms. The van der Waals surface area contributed by atoms with Crippen molar-refractivity contribution in [1.29, 1.82) is 0 Å². The standard InChI is InChI=1S/C36H60O9/c1-20(2)33-25(7)30(43-12)19-36(40,45-33)27(9)32(38)26(8)34-28(41-10)15-13-14-21(3)16-23(5)31(37)24(6)17-22(4)18-29(42-11)35(39)44-34/h13-15,17-18,20,23-28,30-34,37-38,40H,16,19H2,1-12H3/b15-13+,21-14+,22-17-,29-18-/t23?,24?,25-,26?,27?,28?,30+,31?,32?,33+,34?,36+/m1/s1. The molecule has 0 aromatic rings. The number of ether oxygens (including phenoxy) is 5. The van der Waals surface area contributed by atoms with E-state index in [1.165, 1.54) is 14.2 Å². The van der Waals surface area contributed by atoms with Crippen molar-refractivity contribution in [3.63, 3.8) is 0 Å². The molecule has 0 aromatic heterocycles. The van der Waals surface area contributed by atoms with Gasteiger partial charge < -0.3 is 39.0 Å². The molecular formula is C36H60O9. The molecule has 3 N–H and O–H groups in total. The third kappa shape index (κ3) is 9.99. The van der Waals surface area contributed by atoms with Gasteiger partial charge in [-0.2, -0.15) is 0 Å². The molecule has 9 nitrogen and oxygen atoms in total. The van der Waals surface area contributed by atoms with E-state index >= 15 is 0 Å². The summed E-state index contributed by atoms with van der Waals surface area (Å²) in [5, 5.41) is 34.6. The Morgan fingerprint density at radius 2 is 1.67 bits per heavy atom. The topological polar surface area (TPSA) is 124 Å². The first-order valence-corrected chi connectivity index (χ1v) is 16.3. The zero-order chi connectivity index (χ0) is 34.2. The molecule has 0 bridgehead atoms. The Morgan fingerprint density at radius 1 is 1.02 bits per heavy atom. The molecular weight excluding hydrogens is 576 g/mol. The molecule has 8 unspecified atom stereocenters. The molecule has 9 heteroatoms. The lowest BCUT2D eigenvalue weighted by molar-refractivity contribution is -0.330. The maximum Gasteiger partial charge on any atom is 0.373 e. The van der Waals surface area contributed by atoms with Gasteiger partial charge in [0.2, 0.25) is 5.76 Å². The largest absolute Gasteiger partial charge is 0.490 e. The van der Waals surface area contributed by atoms with Crippen LogP contribution in [0, 0.1) is 35.5 Å². The SMILES string of the molecule is CO/C1=C\C(C)=C/C(C)C(O)C(C)C/C(C)=C/C=C/C(OC)C(C(C)C(O)C(C)[C@]2(O)C[C@H](OC)[C@@H](C)[C@H](C(C)C)O2)OC1=O. The first-order chi connectivity index (χ1) is 21.0. The van der Waals surface area contributed by atoms with Crippen LogP contribution in [0.5, 0.6) is 0 Å². The molecule has 2 aliphatic rings. The highest BCUT2D eigenvalue weighted by Gasteiger charge is 2.52. The Balaban J connectivity index is 2.53. The normalized spacial score (nSPS) is 40.5. The van der Waals surface area contributed by atoms with Crippen LogP contribution in [0.15, 0.2) is 47.3 Å². The highest BCUT2D eigenvalue weighted by Crippen LogP contribution is 2.42. The van der Waals surface area contributed by atoms with Gasteiger partial charge in [-0.05, 0) is 38.2 Å². The second kappa shape index (κ2) is 17.2. The minimum Gasteiger partial charge on any atom is -0.490 e. The van der Waals surface area contributed by atoms with E-state index in [2.05, 4.69) is 0 Å². The predicted octanol–water partition coefficient (Wildman–Crippen LogP) is 5.35. The zero-order valence-electron chi connectivity index (χ0n) is 29.5. The lowest BCUT2D eigenvalue weighted by Crippen LogP contribution is -2.59. The van der Waals surface area contributed by atoms with Crippen molar-refractivity contribution in [2.45, 2.75) is 118 Å². The summed E-state index contributed by atoms with van der Waals surface area (Å²) in [5.41, 5.74) is 1.81. The predicted molar refractivity (Wildman–Crippen MR) is 175 cm³/mol. The Labute approximate surface area is 271 Å². The Bertz CT molecular complexity index is 1080. The van der Waals surface area contributed by atoms with Crippen molar-refractivity contribution in [2.75, 3.05) is 21.3 Å². The number of aliphatic hydroxyl groups is 3. The summed E-state index contributed by atoms with van der Waals surface area (Å²) in [4.78, 5) is 13.5. The van der Waals surface area contributed by atoms with Gasteiger partial charge in [-0.1, -0.05) is 83.9 Å². The average molecular weight is 637 g/mol. The maximum absolute atomic E-state index is 13.5.